The van der Waals surface area contributed by atoms with Gasteiger partial charge in [-0.3, -0.25) is 0 Å². The highest BCUT2D eigenvalue weighted by atomic mass is 32.1. The van der Waals surface area contributed by atoms with Crippen molar-refractivity contribution in [3.63, 3.8) is 0 Å². The Balaban J connectivity index is 1.81. The van der Waals surface area contributed by atoms with E-state index in [1.165, 1.54) is 0 Å². The van der Waals surface area contributed by atoms with E-state index in [2.05, 4.69) is 30.4 Å². The summed E-state index contributed by atoms with van der Waals surface area (Å²) >= 11 is 1.66. The maximum atomic E-state index is 5.35. The highest BCUT2D eigenvalue weighted by Crippen LogP contribution is 2.23. The van der Waals surface area contributed by atoms with Crippen LogP contribution in [0.1, 0.15) is 36.3 Å². The van der Waals surface area contributed by atoms with Crippen molar-refractivity contribution in [2.24, 2.45) is 0 Å². The zero-order chi connectivity index (χ0) is 16.4. The minimum atomic E-state index is 0.240. The smallest absolute Gasteiger partial charge is 0.258 e. The number of pyridine rings is 1. The van der Waals surface area contributed by atoms with E-state index in [1.54, 1.807) is 17.5 Å². The summed E-state index contributed by atoms with van der Waals surface area (Å²) in [5.41, 5.74) is 1.92. The van der Waals surface area contributed by atoms with Gasteiger partial charge in [0.1, 0.15) is 10.8 Å². The quantitative estimate of drug-likeness (QED) is 0.711. The molecule has 3 rings (SSSR count). The molecule has 3 aromatic rings. The Kier molecular flexibility index (Phi) is 4.38. The Morgan fingerprint density at radius 3 is 2.78 bits per heavy atom. The first-order valence-electron chi connectivity index (χ1n) is 7.45. The molecule has 7 heteroatoms. The first kappa shape index (κ1) is 15.6. The van der Waals surface area contributed by atoms with Crippen LogP contribution in [0.3, 0.4) is 0 Å². The van der Waals surface area contributed by atoms with Crippen molar-refractivity contribution in [2.75, 3.05) is 11.9 Å². The summed E-state index contributed by atoms with van der Waals surface area (Å²) in [6.45, 7) is 6.80. The van der Waals surface area contributed by atoms with E-state index in [1.807, 2.05) is 40.0 Å². The Labute approximate surface area is 139 Å². The van der Waals surface area contributed by atoms with Gasteiger partial charge in [-0.25, -0.2) is 9.97 Å². The molecule has 3 aromatic heterocycles. The third kappa shape index (κ3) is 3.56. The van der Waals surface area contributed by atoms with Gasteiger partial charge in [-0.1, -0.05) is 19.0 Å². The predicted molar refractivity (Wildman–Crippen MR) is 90.6 cm³/mol. The largest absolute Gasteiger partial charge is 0.353 e. The van der Waals surface area contributed by atoms with Gasteiger partial charge in [0, 0.05) is 35.8 Å². The molecule has 0 atom stereocenters. The van der Waals surface area contributed by atoms with Gasteiger partial charge in [-0.15, -0.1) is 11.3 Å². The van der Waals surface area contributed by atoms with Crippen molar-refractivity contribution in [2.45, 2.75) is 33.2 Å². The Morgan fingerprint density at radius 1 is 1.30 bits per heavy atom. The summed E-state index contributed by atoms with van der Waals surface area (Å²) in [5.74, 6) is 2.32. The molecule has 23 heavy (non-hydrogen) atoms. The van der Waals surface area contributed by atoms with Crippen molar-refractivity contribution in [1.29, 1.82) is 0 Å². The molecule has 0 unspecified atom stereocenters. The molecule has 0 bridgehead atoms. The fourth-order valence-electron chi connectivity index (χ4n) is 2.11. The minimum absolute atomic E-state index is 0.240. The third-order valence-electron chi connectivity index (χ3n) is 3.38. The van der Waals surface area contributed by atoms with Crippen molar-refractivity contribution >= 4 is 17.2 Å². The van der Waals surface area contributed by atoms with Crippen LogP contribution in [-0.2, 0) is 6.54 Å². The lowest BCUT2D eigenvalue weighted by molar-refractivity contribution is 0.419. The summed E-state index contributed by atoms with van der Waals surface area (Å²) < 4.78 is 5.35. The van der Waals surface area contributed by atoms with Gasteiger partial charge in [-0.2, -0.15) is 4.98 Å². The molecule has 0 aliphatic heterocycles. The summed E-state index contributed by atoms with van der Waals surface area (Å²) in [7, 11) is 2.00. The van der Waals surface area contributed by atoms with Crippen LogP contribution in [0, 0.1) is 6.92 Å². The van der Waals surface area contributed by atoms with E-state index < -0.39 is 0 Å². The lowest BCUT2D eigenvalue weighted by Crippen LogP contribution is -2.17. The second kappa shape index (κ2) is 6.45. The fraction of sp³-hybridized carbons (Fsp3) is 0.375. The minimum Gasteiger partial charge on any atom is -0.353 e. The van der Waals surface area contributed by atoms with E-state index in [0.717, 1.165) is 28.6 Å². The molecule has 0 amide bonds. The topological polar surface area (TPSA) is 67.9 Å². The van der Waals surface area contributed by atoms with E-state index >= 15 is 0 Å². The number of rotatable bonds is 5. The molecular formula is C16H19N5OS. The van der Waals surface area contributed by atoms with Gasteiger partial charge in [-0.05, 0) is 19.1 Å². The Hall–Kier alpha value is -2.28. The van der Waals surface area contributed by atoms with Crippen LogP contribution in [0.4, 0.5) is 5.82 Å². The van der Waals surface area contributed by atoms with Crippen molar-refractivity contribution in [3.8, 4) is 11.5 Å². The van der Waals surface area contributed by atoms with Crippen LogP contribution in [0.25, 0.3) is 11.5 Å². The van der Waals surface area contributed by atoms with Crippen LogP contribution in [-0.4, -0.2) is 27.2 Å². The second-order valence-corrected chi connectivity index (χ2v) is 6.70. The molecule has 0 aromatic carbocycles. The molecule has 0 saturated heterocycles. The standard InChI is InChI=1S/C16H19N5OS/c1-10(2)15-19-16(22-20-15)12-5-6-17-13(7-12)21(4)8-14-18-11(3)9-23-14/h5-7,9-10H,8H2,1-4H3. The SMILES string of the molecule is Cc1csc(CN(C)c2cc(-c3nc(C(C)C)no3)ccn2)n1. The van der Waals surface area contributed by atoms with Gasteiger partial charge in [0.25, 0.3) is 5.89 Å². The molecule has 0 fully saturated rings. The molecule has 120 valence electrons. The second-order valence-electron chi connectivity index (χ2n) is 5.75. The van der Waals surface area contributed by atoms with E-state index in [9.17, 15) is 0 Å². The summed E-state index contributed by atoms with van der Waals surface area (Å²) in [5, 5.41) is 7.13. The van der Waals surface area contributed by atoms with Crippen molar-refractivity contribution in [1.82, 2.24) is 20.1 Å². The van der Waals surface area contributed by atoms with Crippen LogP contribution in [0.5, 0.6) is 0 Å². The van der Waals surface area contributed by atoms with Gasteiger partial charge in [0.15, 0.2) is 5.82 Å². The molecule has 0 radical (unpaired) electrons. The maximum absolute atomic E-state index is 5.35. The number of hydrogen-bond donors (Lipinski definition) is 0. The van der Waals surface area contributed by atoms with Gasteiger partial charge in [0.05, 0.1) is 6.54 Å². The van der Waals surface area contributed by atoms with Crippen molar-refractivity contribution in [3.05, 3.63) is 40.2 Å². The van der Waals surface area contributed by atoms with E-state index in [0.29, 0.717) is 11.7 Å². The van der Waals surface area contributed by atoms with E-state index in [-0.39, 0.29) is 5.92 Å². The highest BCUT2D eigenvalue weighted by Gasteiger charge is 2.13. The average Bonchev–Trinajstić information content (AvgIpc) is 3.17. The number of hydrogen-bond acceptors (Lipinski definition) is 7. The molecule has 0 aliphatic carbocycles. The summed E-state index contributed by atoms with van der Waals surface area (Å²) in [4.78, 5) is 15.4. The normalized spacial score (nSPS) is 11.2. The maximum Gasteiger partial charge on any atom is 0.258 e. The Morgan fingerprint density at radius 2 is 2.13 bits per heavy atom. The van der Waals surface area contributed by atoms with Gasteiger partial charge in [0.2, 0.25) is 0 Å². The lowest BCUT2D eigenvalue weighted by Gasteiger charge is -2.16. The molecule has 0 N–H and O–H groups in total. The molecular weight excluding hydrogens is 310 g/mol. The van der Waals surface area contributed by atoms with Crippen LogP contribution in [0.15, 0.2) is 28.2 Å². The fourth-order valence-corrected chi connectivity index (χ4v) is 2.93. The number of anilines is 1. The van der Waals surface area contributed by atoms with Crippen molar-refractivity contribution < 1.29 is 4.52 Å². The lowest BCUT2D eigenvalue weighted by atomic mass is 10.2. The summed E-state index contributed by atoms with van der Waals surface area (Å²) in [6, 6.07) is 3.83. The number of aromatic nitrogens is 4. The Bertz CT molecular complexity index is 795. The average molecular weight is 329 g/mol. The zero-order valence-corrected chi connectivity index (χ0v) is 14.5. The van der Waals surface area contributed by atoms with Gasteiger partial charge < -0.3 is 9.42 Å². The first-order valence-corrected chi connectivity index (χ1v) is 8.33. The molecule has 6 nitrogen and oxygen atoms in total. The molecule has 0 aliphatic rings. The molecule has 3 heterocycles. The highest BCUT2D eigenvalue weighted by molar-refractivity contribution is 7.09. The zero-order valence-electron chi connectivity index (χ0n) is 13.6. The number of aryl methyl sites for hydroxylation is 1. The van der Waals surface area contributed by atoms with Crippen LogP contribution >= 0.6 is 11.3 Å². The van der Waals surface area contributed by atoms with Gasteiger partial charge >= 0.3 is 0 Å². The summed E-state index contributed by atoms with van der Waals surface area (Å²) in [6.07, 6.45) is 1.76. The molecule has 0 spiro atoms. The number of thiazole rings is 1. The molecule has 0 saturated carbocycles. The van der Waals surface area contributed by atoms with Crippen LogP contribution in [0.2, 0.25) is 0 Å². The monoisotopic (exact) mass is 329 g/mol. The van der Waals surface area contributed by atoms with Crippen LogP contribution < -0.4 is 4.90 Å². The van der Waals surface area contributed by atoms with E-state index in [4.69, 9.17) is 4.52 Å². The predicted octanol–water partition coefficient (Wildman–Crippen LogP) is 3.66. The number of nitrogens with zero attached hydrogens (tertiary/aromatic N) is 5. The third-order valence-corrected chi connectivity index (χ3v) is 4.33. The first-order chi connectivity index (χ1) is 11.0.